The van der Waals surface area contributed by atoms with Gasteiger partial charge in [0.2, 0.25) is 0 Å². The summed E-state index contributed by atoms with van der Waals surface area (Å²) < 4.78 is 5.45. The van der Waals surface area contributed by atoms with Gasteiger partial charge in [-0.05, 0) is 35.0 Å². The molecule has 4 rings (SSSR count). The van der Waals surface area contributed by atoms with Crippen LogP contribution in [-0.4, -0.2) is 29.5 Å². The maximum absolute atomic E-state index is 9.11. The molecule has 0 aliphatic heterocycles. The molecule has 0 bridgehead atoms. The lowest BCUT2D eigenvalue weighted by Gasteiger charge is -1.95. The number of hydrogen-bond acceptors (Lipinski definition) is 7. The van der Waals surface area contributed by atoms with Gasteiger partial charge in [-0.2, -0.15) is 10.5 Å². The Bertz CT molecular complexity index is 1320. The number of rotatable bonds is 6. The fourth-order valence-corrected chi connectivity index (χ4v) is 4.10. The molecule has 0 fully saturated rings. The minimum absolute atomic E-state index is 0.542. The highest BCUT2D eigenvalue weighted by Crippen LogP contribution is 2.29. The van der Waals surface area contributed by atoms with E-state index in [1.807, 2.05) is 29.0 Å². The van der Waals surface area contributed by atoms with E-state index in [9.17, 15) is 0 Å². The summed E-state index contributed by atoms with van der Waals surface area (Å²) in [5.41, 5.74) is 4.30. The summed E-state index contributed by atoms with van der Waals surface area (Å²) in [6.07, 6.45) is 3.35. The third-order valence-corrected chi connectivity index (χ3v) is 5.83. The molecular formula is C21H14N6OS2. The molecule has 9 heteroatoms. The standard InChI is InChI=1S/C21H14N6OS2/c1-28-19-8-17(27-18(19)12-25-21-14(10-23)5-7-30-21)16-3-2-15(26-16)11-24-20-13(9-22)4-6-29-20/h2-8,11-12,26-27H,1H3/b24-11+,25-12+. The number of ether oxygens (including phenoxy) is 1. The van der Waals surface area contributed by atoms with Crippen molar-refractivity contribution in [3.8, 4) is 29.3 Å². The van der Waals surface area contributed by atoms with Gasteiger partial charge < -0.3 is 14.7 Å². The van der Waals surface area contributed by atoms with E-state index < -0.39 is 0 Å². The number of nitrogens with one attached hydrogen (secondary N) is 2. The van der Waals surface area contributed by atoms with Crippen LogP contribution in [0.4, 0.5) is 10.0 Å². The number of aromatic nitrogens is 2. The molecule has 4 aromatic rings. The van der Waals surface area contributed by atoms with Gasteiger partial charge in [0.25, 0.3) is 0 Å². The molecule has 0 unspecified atom stereocenters. The molecule has 0 aliphatic carbocycles. The summed E-state index contributed by atoms with van der Waals surface area (Å²) in [6.45, 7) is 0. The average molecular weight is 431 g/mol. The Morgan fingerprint density at radius 2 is 1.57 bits per heavy atom. The molecule has 0 saturated carbocycles. The summed E-state index contributed by atoms with van der Waals surface area (Å²) in [5, 5.41) is 23.2. The van der Waals surface area contributed by atoms with E-state index in [4.69, 9.17) is 15.3 Å². The third-order valence-electron chi connectivity index (χ3n) is 4.19. The van der Waals surface area contributed by atoms with E-state index in [2.05, 4.69) is 32.1 Å². The van der Waals surface area contributed by atoms with Crippen LogP contribution in [0.2, 0.25) is 0 Å². The number of methoxy groups -OCH3 is 1. The molecule has 0 radical (unpaired) electrons. The fourth-order valence-electron chi connectivity index (χ4n) is 2.73. The van der Waals surface area contributed by atoms with Gasteiger partial charge in [-0.1, -0.05) is 0 Å². The molecule has 146 valence electrons. The molecule has 0 aliphatic rings. The topological polar surface area (TPSA) is 113 Å². The molecule has 0 amide bonds. The number of nitrogens with zero attached hydrogens (tertiary/aromatic N) is 4. The predicted molar refractivity (Wildman–Crippen MR) is 120 cm³/mol. The molecule has 7 nitrogen and oxygen atoms in total. The molecular weight excluding hydrogens is 416 g/mol. The van der Waals surface area contributed by atoms with Crippen LogP contribution in [0.1, 0.15) is 22.5 Å². The first-order chi connectivity index (χ1) is 14.7. The number of thiophene rings is 2. The Hall–Kier alpha value is -3.92. The van der Waals surface area contributed by atoms with Crippen LogP contribution >= 0.6 is 22.7 Å². The van der Waals surface area contributed by atoms with E-state index in [1.165, 1.54) is 22.7 Å². The predicted octanol–water partition coefficient (Wildman–Crippen LogP) is 5.39. The van der Waals surface area contributed by atoms with Gasteiger partial charge in [0.15, 0.2) is 0 Å². The second kappa shape index (κ2) is 8.62. The summed E-state index contributed by atoms with van der Waals surface area (Å²) in [4.78, 5) is 15.4. The van der Waals surface area contributed by atoms with Crippen molar-refractivity contribution >= 4 is 45.1 Å². The van der Waals surface area contributed by atoms with Crippen LogP contribution in [0.3, 0.4) is 0 Å². The molecule has 0 saturated heterocycles. The summed E-state index contributed by atoms with van der Waals surface area (Å²) in [7, 11) is 1.59. The zero-order valence-corrected chi connectivity index (χ0v) is 17.3. The minimum atomic E-state index is 0.542. The lowest BCUT2D eigenvalue weighted by molar-refractivity contribution is 0.415. The highest BCUT2D eigenvalue weighted by molar-refractivity contribution is 7.14. The molecule has 0 spiro atoms. The van der Waals surface area contributed by atoms with Crippen molar-refractivity contribution in [1.29, 1.82) is 10.5 Å². The number of aromatic amines is 2. The fraction of sp³-hybridized carbons (Fsp3) is 0.0476. The highest BCUT2D eigenvalue weighted by atomic mass is 32.1. The van der Waals surface area contributed by atoms with Gasteiger partial charge in [0.1, 0.15) is 27.9 Å². The first-order valence-corrected chi connectivity index (χ1v) is 10.5. The number of hydrogen-bond donors (Lipinski definition) is 2. The van der Waals surface area contributed by atoms with Crippen molar-refractivity contribution in [2.75, 3.05) is 7.11 Å². The monoisotopic (exact) mass is 430 g/mol. The summed E-state index contributed by atoms with van der Waals surface area (Å²) >= 11 is 2.83. The maximum Gasteiger partial charge on any atom is 0.146 e. The zero-order chi connectivity index (χ0) is 20.9. The Kier molecular flexibility index (Phi) is 5.57. The van der Waals surface area contributed by atoms with Crippen molar-refractivity contribution < 1.29 is 4.74 Å². The van der Waals surface area contributed by atoms with E-state index >= 15 is 0 Å². The summed E-state index contributed by atoms with van der Waals surface area (Å²) in [6, 6.07) is 13.5. The van der Waals surface area contributed by atoms with Crippen LogP contribution in [0.15, 0.2) is 51.1 Å². The molecule has 0 aromatic carbocycles. The number of aliphatic imine (C=N–C) groups is 2. The third kappa shape index (κ3) is 3.94. The van der Waals surface area contributed by atoms with Gasteiger partial charge in [0, 0.05) is 6.07 Å². The Morgan fingerprint density at radius 1 is 0.900 bits per heavy atom. The smallest absolute Gasteiger partial charge is 0.146 e. The van der Waals surface area contributed by atoms with Crippen LogP contribution in [0.5, 0.6) is 5.75 Å². The second-order valence-electron chi connectivity index (χ2n) is 6.01. The second-order valence-corrected chi connectivity index (χ2v) is 7.80. The number of nitriles is 2. The maximum atomic E-state index is 9.11. The SMILES string of the molecule is COc1cc(-c2ccc(/C=N/c3sccc3C#N)[nH]2)[nH]c1/C=N/c1sccc1C#N. The molecule has 0 atom stereocenters. The first-order valence-electron chi connectivity index (χ1n) is 8.71. The number of H-pyrrole nitrogens is 2. The zero-order valence-electron chi connectivity index (χ0n) is 15.7. The van der Waals surface area contributed by atoms with Gasteiger partial charge in [-0.25, -0.2) is 9.98 Å². The minimum Gasteiger partial charge on any atom is -0.494 e. The first kappa shape index (κ1) is 19.4. The normalized spacial score (nSPS) is 11.2. The Labute approximate surface area is 180 Å². The van der Waals surface area contributed by atoms with Crippen molar-refractivity contribution in [2.24, 2.45) is 9.98 Å². The van der Waals surface area contributed by atoms with Crippen LogP contribution in [0.25, 0.3) is 11.4 Å². The van der Waals surface area contributed by atoms with Crippen molar-refractivity contribution in [3.05, 3.63) is 63.6 Å². The highest BCUT2D eigenvalue weighted by Gasteiger charge is 2.11. The molecule has 4 heterocycles. The van der Waals surface area contributed by atoms with E-state index in [-0.39, 0.29) is 0 Å². The van der Waals surface area contributed by atoms with E-state index in [1.54, 1.807) is 31.7 Å². The Balaban J connectivity index is 1.57. The van der Waals surface area contributed by atoms with Crippen LogP contribution in [0, 0.1) is 22.7 Å². The quantitative estimate of drug-likeness (QED) is 0.400. The van der Waals surface area contributed by atoms with E-state index in [0.717, 1.165) is 17.1 Å². The van der Waals surface area contributed by atoms with Gasteiger partial charge in [-0.15, -0.1) is 22.7 Å². The van der Waals surface area contributed by atoms with E-state index in [0.29, 0.717) is 32.6 Å². The van der Waals surface area contributed by atoms with Crippen LogP contribution in [-0.2, 0) is 0 Å². The average Bonchev–Trinajstić information content (AvgIpc) is 3.56. The van der Waals surface area contributed by atoms with Crippen molar-refractivity contribution in [3.63, 3.8) is 0 Å². The lowest BCUT2D eigenvalue weighted by atomic mass is 10.3. The largest absolute Gasteiger partial charge is 0.494 e. The van der Waals surface area contributed by atoms with Gasteiger partial charge >= 0.3 is 0 Å². The van der Waals surface area contributed by atoms with Crippen molar-refractivity contribution in [1.82, 2.24) is 9.97 Å². The van der Waals surface area contributed by atoms with Gasteiger partial charge in [-0.3, -0.25) is 0 Å². The van der Waals surface area contributed by atoms with Gasteiger partial charge in [0.05, 0.1) is 53.4 Å². The van der Waals surface area contributed by atoms with Crippen LogP contribution < -0.4 is 4.74 Å². The molecule has 30 heavy (non-hydrogen) atoms. The summed E-state index contributed by atoms with van der Waals surface area (Å²) in [5.74, 6) is 0.644. The molecule has 4 aromatic heterocycles. The lowest BCUT2D eigenvalue weighted by Crippen LogP contribution is -1.87. The van der Waals surface area contributed by atoms with Crippen molar-refractivity contribution in [2.45, 2.75) is 0 Å². The molecule has 2 N–H and O–H groups in total. The Morgan fingerprint density at radius 3 is 2.20 bits per heavy atom.